The maximum absolute atomic E-state index is 14.2. The van der Waals surface area contributed by atoms with Gasteiger partial charge in [-0.1, -0.05) is 44.9 Å². The van der Waals surface area contributed by atoms with Crippen molar-refractivity contribution in [3.05, 3.63) is 99.1 Å². The zero-order valence-electron chi connectivity index (χ0n) is 32.0. The predicted octanol–water partition coefficient (Wildman–Crippen LogP) is 6.33. The average Bonchev–Trinajstić information content (AvgIpc) is 3.96. The van der Waals surface area contributed by atoms with Gasteiger partial charge in [-0.15, -0.1) is 0 Å². The Bertz CT molecular complexity index is 2110. The molecular weight excluding hydrogens is 722 g/mol. The lowest BCUT2D eigenvalue weighted by atomic mass is 9.71. The quantitative estimate of drug-likeness (QED) is 0.0518. The molecule has 3 amide bonds. The molecule has 1 aliphatic carbocycles. The molecule has 296 valence electrons. The number of alkyl carbamates (subject to hydrolysis) is 1. The van der Waals surface area contributed by atoms with Gasteiger partial charge in [0, 0.05) is 34.3 Å². The minimum absolute atomic E-state index is 0.00570. The summed E-state index contributed by atoms with van der Waals surface area (Å²) in [5, 5.41) is 16.5. The van der Waals surface area contributed by atoms with Crippen LogP contribution >= 0.6 is 0 Å². The van der Waals surface area contributed by atoms with E-state index in [4.69, 9.17) is 28.5 Å². The van der Waals surface area contributed by atoms with Gasteiger partial charge in [-0.2, -0.15) is 0 Å². The van der Waals surface area contributed by atoms with Crippen LogP contribution in [0.3, 0.4) is 0 Å². The van der Waals surface area contributed by atoms with Crippen molar-refractivity contribution in [2.24, 2.45) is 10.9 Å². The smallest absolute Gasteiger partial charge is 0.496 e. The van der Waals surface area contributed by atoms with Crippen LogP contribution in [0.2, 0.25) is 0 Å². The van der Waals surface area contributed by atoms with Gasteiger partial charge < -0.3 is 33.7 Å². The molecule has 0 bridgehead atoms. The fourth-order valence-electron chi connectivity index (χ4n) is 6.09. The fourth-order valence-corrected chi connectivity index (χ4v) is 6.09. The van der Waals surface area contributed by atoms with Crippen LogP contribution in [0.25, 0.3) is 6.08 Å². The number of nitrogens with one attached hydrogen (secondary N) is 4. The molecule has 3 aromatic rings. The second-order valence-corrected chi connectivity index (χ2v) is 13.8. The summed E-state index contributed by atoms with van der Waals surface area (Å²) in [6, 6.07) is 9.50. The second-order valence-electron chi connectivity index (χ2n) is 13.8. The number of nitrogens with zero attached hydrogens (tertiary/aromatic N) is 1. The summed E-state index contributed by atoms with van der Waals surface area (Å²) < 4.78 is 26.3. The predicted molar refractivity (Wildman–Crippen MR) is 208 cm³/mol. The SMILES string of the molecule is C=Cc1cc(C(=O)Nc2ccc(C(=N)NC(=O)OCCCCCC)cc2)c(C2(C)CC=C(C(=O)NCC3CC3)N=C2C(=O)OCc2oc(=O)oc2C)cc1OC. The van der Waals surface area contributed by atoms with Gasteiger partial charge in [0.05, 0.1) is 13.7 Å². The highest BCUT2D eigenvalue weighted by Gasteiger charge is 2.43. The zero-order valence-corrected chi connectivity index (χ0v) is 32.0. The number of hydrogen-bond donors (Lipinski definition) is 4. The molecule has 2 aromatic carbocycles. The molecule has 5 rings (SSSR count). The van der Waals surface area contributed by atoms with Crippen LogP contribution in [0, 0.1) is 18.3 Å². The number of methoxy groups -OCH3 is 1. The number of carbonyl (C=O) groups is 4. The van der Waals surface area contributed by atoms with E-state index in [0.717, 1.165) is 38.5 Å². The van der Waals surface area contributed by atoms with E-state index in [0.29, 0.717) is 40.6 Å². The fraction of sp³-hybridized carbons (Fsp3) is 0.390. The van der Waals surface area contributed by atoms with Gasteiger partial charge in [0.25, 0.3) is 11.8 Å². The molecule has 0 saturated heterocycles. The van der Waals surface area contributed by atoms with Gasteiger partial charge in [-0.05, 0) is 87.4 Å². The molecule has 1 atom stereocenters. The molecule has 1 fully saturated rings. The van der Waals surface area contributed by atoms with Crippen molar-refractivity contribution in [2.45, 2.75) is 77.7 Å². The molecule has 15 nitrogen and oxygen atoms in total. The maximum Gasteiger partial charge on any atom is 0.519 e. The molecular formula is C41H47N5O10. The van der Waals surface area contributed by atoms with E-state index in [-0.39, 0.29) is 47.4 Å². The molecule has 56 heavy (non-hydrogen) atoms. The van der Waals surface area contributed by atoms with Gasteiger partial charge in [0.2, 0.25) is 0 Å². The molecule has 1 unspecified atom stereocenters. The Morgan fingerprint density at radius 2 is 1.80 bits per heavy atom. The number of hydrogen-bond acceptors (Lipinski definition) is 12. The molecule has 2 aliphatic rings. The Kier molecular flexibility index (Phi) is 13.4. The van der Waals surface area contributed by atoms with Crippen LogP contribution in [-0.2, 0) is 31.1 Å². The number of aryl methyl sites for hydroxylation is 1. The van der Waals surface area contributed by atoms with E-state index in [2.05, 4.69) is 34.4 Å². The molecule has 1 saturated carbocycles. The summed E-state index contributed by atoms with van der Waals surface area (Å²) in [6.45, 7) is 9.44. The number of benzene rings is 2. The number of ether oxygens (including phenoxy) is 3. The highest BCUT2D eigenvalue weighted by atomic mass is 16.6. The van der Waals surface area contributed by atoms with Crippen LogP contribution in [-0.4, -0.2) is 55.7 Å². The van der Waals surface area contributed by atoms with Crippen LogP contribution in [0.4, 0.5) is 10.5 Å². The lowest BCUT2D eigenvalue weighted by Gasteiger charge is -2.34. The standard InChI is InChI=1S/C41H47N5O10/c1-6-8-9-10-19-53-39(50)46-35(42)27-13-15-28(16-14-27)44-36(47)29-20-26(7-2)32(52-5)21-30(29)41(4)18-17-31(37(48)43-22-25-11-12-25)45-34(41)38(49)54-23-33-24(3)55-40(51)56-33/h7,13-17,20-21,25H,2,6,8-12,18-19,22-23H2,1,3-5H3,(H,43,48)(H,44,47)(H2,42,46,50). The average molecular weight is 770 g/mol. The van der Waals surface area contributed by atoms with E-state index in [1.807, 2.05) is 0 Å². The minimum Gasteiger partial charge on any atom is -0.496 e. The lowest BCUT2D eigenvalue weighted by molar-refractivity contribution is -0.137. The topological polar surface area (TPSA) is 212 Å². The molecule has 1 aliphatic heterocycles. The number of carbonyl (C=O) groups excluding carboxylic acids is 4. The van der Waals surface area contributed by atoms with Gasteiger partial charge >= 0.3 is 17.9 Å². The number of rotatable bonds is 17. The van der Waals surface area contributed by atoms with E-state index < -0.39 is 41.7 Å². The first-order valence-corrected chi connectivity index (χ1v) is 18.5. The molecule has 0 spiro atoms. The van der Waals surface area contributed by atoms with Gasteiger partial charge in [0.15, 0.2) is 18.1 Å². The summed E-state index contributed by atoms with van der Waals surface area (Å²) in [4.78, 5) is 69.7. The molecule has 15 heteroatoms. The van der Waals surface area contributed by atoms with Crippen molar-refractivity contribution in [2.75, 3.05) is 25.6 Å². The third-order valence-corrected chi connectivity index (χ3v) is 9.62. The maximum atomic E-state index is 14.2. The molecule has 2 heterocycles. The third kappa shape index (κ3) is 10.1. The Morgan fingerprint density at radius 1 is 1.05 bits per heavy atom. The van der Waals surface area contributed by atoms with Crippen LogP contribution in [0.1, 0.15) is 97.4 Å². The second kappa shape index (κ2) is 18.4. The number of amides is 3. The van der Waals surface area contributed by atoms with Gasteiger partial charge in [-0.25, -0.2) is 19.4 Å². The first-order chi connectivity index (χ1) is 26.9. The molecule has 4 N–H and O–H groups in total. The Labute approximate surface area is 324 Å². The largest absolute Gasteiger partial charge is 0.519 e. The van der Waals surface area contributed by atoms with Crippen LogP contribution in [0.5, 0.6) is 5.75 Å². The monoisotopic (exact) mass is 769 g/mol. The Morgan fingerprint density at radius 3 is 2.45 bits per heavy atom. The summed E-state index contributed by atoms with van der Waals surface area (Å²) in [5.41, 5.74) is 0.237. The highest BCUT2D eigenvalue weighted by Crippen LogP contribution is 2.40. The number of aliphatic imine (C=N–C) groups is 1. The first kappa shape index (κ1) is 40.9. The Hall–Kier alpha value is -6.25. The number of unbranched alkanes of at least 4 members (excludes halogenated alkanes) is 3. The number of esters is 1. The van der Waals surface area contributed by atoms with Crippen molar-refractivity contribution >= 4 is 47.2 Å². The van der Waals surface area contributed by atoms with Gasteiger partial charge in [-0.3, -0.25) is 20.3 Å². The normalized spacial score (nSPS) is 16.1. The summed E-state index contributed by atoms with van der Waals surface area (Å²) >= 11 is 0. The molecule has 0 radical (unpaired) electrons. The van der Waals surface area contributed by atoms with Gasteiger partial charge in [0.1, 0.15) is 23.0 Å². The van der Waals surface area contributed by atoms with Crippen molar-refractivity contribution < 1.29 is 42.2 Å². The summed E-state index contributed by atoms with van der Waals surface area (Å²) in [7, 11) is 1.46. The number of anilines is 1. The Balaban J connectivity index is 1.41. The lowest BCUT2D eigenvalue weighted by Crippen LogP contribution is -2.43. The van der Waals surface area contributed by atoms with Crippen molar-refractivity contribution in [1.82, 2.24) is 10.6 Å². The summed E-state index contributed by atoms with van der Waals surface area (Å²) in [5.74, 6) is -2.14. The van der Waals surface area contributed by atoms with Crippen LogP contribution < -0.4 is 26.5 Å². The van der Waals surface area contributed by atoms with Crippen molar-refractivity contribution in [3.8, 4) is 5.75 Å². The number of amidine groups is 1. The van der Waals surface area contributed by atoms with E-state index in [9.17, 15) is 24.0 Å². The molecule has 1 aromatic heterocycles. The van der Waals surface area contributed by atoms with E-state index >= 15 is 0 Å². The van der Waals surface area contributed by atoms with Crippen molar-refractivity contribution in [3.63, 3.8) is 0 Å². The van der Waals surface area contributed by atoms with Crippen molar-refractivity contribution in [1.29, 1.82) is 5.41 Å². The van der Waals surface area contributed by atoms with Crippen LogP contribution in [0.15, 0.2) is 73.4 Å². The zero-order chi connectivity index (χ0) is 40.4. The first-order valence-electron chi connectivity index (χ1n) is 18.5. The number of allylic oxidation sites excluding steroid dienone is 1. The van der Waals surface area contributed by atoms with E-state index in [1.54, 1.807) is 49.4 Å². The van der Waals surface area contributed by atoms with E-state index in [1.165, 1.54) is 20.1 Å². The highest BCUT2D eigenvalue weighted by molar-refractivity contribution is 6.41. The third-order valence-electron chi connectivity index (χ3n) is 9.62. The summed E-state index contributed by atoms with van der Waals surface area (Å²) in [6.07, 6.45) is 8.34. The minimum atomic E-state index is -1.35.